The third-order valence-electron chi connectivity index (χ3n) is 2.78. The van der Waals surface area contributed by atoms with Gasteiger partial charge in [-0.15, -0.1) is 10.2 Å². The van der Waals surface area contributed by atoms with Gasteiger partial charge in [-0.25, -0.2) is 0 Å². The average Bonchev–Trinajstić information content (AvgIpc) is 2.97. The van der Waals surface area contributed by atoms with Crippen LogP contribution in [0.5, 0.6) is 0 Å². The Hall–Kier alpha value is -2.77. The number of nitrogens with zero attached hydrogens (tertiary/aromatic N) is 4. The van der Waals surface area contributed by atoms with E-state index in [0.29, 0.717) is 17.1 Å². The minimum absolute atomic E-state index is 0.150. The molecule has 0 unspecified atom stereocenters. The first-order valence-corrected chi connectivity index (χ1v) is 5.93. The first kappa shape index (κ1) is 13.7. The van der Waals surface area contributed by atoms with E-state index in [-0.39, 0.29) is 18.4 Å². The van der Waals surface area contributed by atoms with E-state index in [1.54, 1.807) is 31.3 Å². The molecule has 0 saturated heterocycles. The summed E-state index contributed by atoms with van der Waals surface area (Å²) in [7, 11) is 1.62. The number of nitrogens with one attached hydrogen (secondary N) is 2. The molecule has 104 valence electrons. The Bertz CT molecular complexity index is 610. The Morgan fingerprint density at radius 1 is 1.35 bits per heavy atom. The quantitative estimate of drug-likeness (QED) is 0.823. The molecule has 0 atom stereocenters. The van der Waals surface area contributed by atoms with Crippen LogP contribution in [-0.4, -0.2) is 39.5 Å². The van der Waals surface area contributed by atoms with Gasteiger partial charge >= 0.3 is 0 Å². The van der Waals surface area contributed by atoms with E-state index >= 15 is 0 Å². The van der Waals surface area contributed by atoms with Crippen molar-refractivity contribution in [1.82, 2.24) is 25.9 Å². The standard InChI is InChI=1S/C12H14N6O2/c1-8(19)18(2)10-6-4-3-5-9(10)12(20)13-7-11-14-16-17-15-11/h3-6H,7H2,1-2H3,(H,13,20)(H,14,15,16,17). The molecule has 8 heteroatoms. The van der Waals surface area contributed by atoms with Gasteiger partial charge in [0.05, 0.1) is 17.8 Å². The van der Waals surface area contributed by atoms with Crippen molar-refractivity contribution in [3.8, 4) is 0 Å². The number of rotatable bonds is 4. The van der Waals surface area contributed by atoms with Gasteiger partial charge in [-0.1, -0.05) is 17.3 Å². The van der Waals surface area contributed by atoms with Crippen LogP contribution in [0.4, 0.5) is 5.69 Å². The van der Waals surface area contributed by atoms with Crippen molar-refractivity contribution in [2.75, 3.05) is 11.9 Å². The molecule has 0 fully saturated rings. The highest BCUT2D eigenvalue weighted by atomic mass is 16.2. The summed E-state index contributed by atoms with van der Waals surface area (Å²) in [6.45, 7) is 1.60. The van der Waals surface area contributed by atoms with Crippen LogP contribution < -0.4 is 10.2 Å². The molecule has 2 aromatic rings. The number of tetrazole rings is 1. The first-order chi connectivity index (χ1) is 9.59. The number of H-pyrrole nitrogens is 1. The van der Waals surface area contributed by atoms with E-state index in [1.807, 2.05) is 0 Å². The number of para-hydroxylation sites is 1. The van der Waals surface area contributed by atoms with Crippen LogP contribution in [0.1, 0.15) is 23.1 Å². The van der Waals surface area contributed by atoms with E-state index in [4.69, 9.17) is 0 Å². The van der Waals surface area contributed by atoms with Gasteiger partial charge in [-0.3, -0.25) is 9.59 Å². The smallest absolute Gasteiger partial charge is 0.253 e. The fraction of sp³-hybridized carbons (Fsp3) is 0.250. The van der Waals surface area contributed by atoms with Crippen LogP contribution in [0.15, 0.2) is 24.3 Å². The van der Waals surface area contributed by atoms with Crippen LogP contribution in [0, 0.1) is 0 Å². The Morgan fingerprint density at radius 2 is 2.10 bits per heavy atom. The van der Waals surface area contributed by atoms with Crippen molar-refractivity contribution in [2.24, 2.45) is 0 Å². The molecule has 1 heterocycles. The number of amides is 2. The van der Waals surface area contributed by atoms with Crippen molar-refractivity contribution in [1.29, 1.82) is 0 Å². The Labute approximate surface area is 115 Å². The average molecular weight is 274 g/mol. The van der Waals surface area contributed by atoms with Gasteiger partial charge in [-0.05, 0) is 12.1 Å². The van der Waals surface area contributed by atoms with Crippen molar-refractivity contribution in [3.63, 3.8) is 0 Å². The summed E-state index contributed by atoms with van der Waals surface area (Å²) in [5, 5.41) is 15.9. The number of benzene rings is 1. The molecular formula is C12H14N6O2. The fourth-order valence-corrected chi connectivity index (χ4v) is 1.64. The molecule has 1 aromatic heterocycles. The molecule has 2 rings (SSSR count). The highest BCUT2D eigenvalue weighted by molar-refractivity contribution is 6.04. The number of aromatic nitrogens is 4. The summed E-state index contributed by atoms with van der Waals surface area (Å²) in [6.07, 6.45) is 0. The molecule has 0 radical (unpaired) electrons. The van der Waals surface area contributed by atoms with Crippen molar-refractivity contribution in [3.05, 3.63) is 35.7 Å². The van der Waals surface area contributed by atoms with Gasteiger partial charge in [0.2, 0.25) is 5.91 Å². The van der Waals surface area contributed by atoms with Gasteiger partial charge in [0.1, 0.15) is 0 Å². The lowest BCUT2D eigenvalue weighted by Crippen LogP contribution is -2.29. The third kappa shape index (κ3) is 2.97. The molecule has 0 aliphatic carbocycles. The second-order valence-electron chi connectivity index (χ2n) is 4.11. The van der Waals surface area contributed by atoms with Crippen LogP contribution in [-0.2, 0) is 11.3 Å². The van der Waals surface area contributed by atoms with Gasteiger partial charge in [0.15, 0.2) is 5.82 Å². The van der Waals surface area contributed by atoms with E-state index in [2.05, 4.69) is 25.9 Å². The van der Waals surface area contributed by atoms with Crippen LogP contribution >= 0.6 is 0 Å². The third-order valence-corrected chi connectivity index (χ3v) is 2.78. The van der Waals surface area contributed by atoms with Crippen molar-refractivity contribution >= 4 is 17.5 Å². The van der Waals surface area contributed by atoms with E-state index in [9.17, 15) is 9.59 Å². The Morgan fingerprint density at radius 3 is 2.75 bits per heavy atom. The monoisotopic (exact) mass is 274 g/mol. The maximum atomic E-state index is 12.2. The summed E-state index contributed by atoms with van der Waals surface area (Å²) in [5.41, 5.74) is 0.958. The first-order valence-electron chi connectivity index (χ1n) is 5.93. The number of hydrogen-bond donors (Lipinski definition) is 2. The summed E-state index contributed by atoms with van der Waals surface area (Å²) >= 11 is 0. The van der Waals surface area contributed by atoms with E-state index in [1.165, 1.54) is 11.8 Å². The molecule has 2 N–H and O–H groups in total. The maximum absolute atomic E-state index is 12.2. The Kier molecular flexibility index (Phi) is 4.04. The molecule has 8 nitrogen and oxygen atoms in total. The number of carbonyl (C=O) groups excluding carboxylic acids is 2. The normalized spacial score (nSPS) is 10.1. The number of aromatic amines is 1. The molecule has 0 aliphatic rings. The zero-order chi connectivity index (χ0) is 14.5. The predicted octanol–water partition coefficient (Wildman–Crippen LogP) is 0.112. The summed E-state index contributed by atoms with van der Waals surface area (Å²) in [5.74, 6) is -0.0716. The molecule has 0 aliphatic heterocycles. The highest BCUT2D eigenvalue weighted by Gasteiger charge is 2.16. The molecule has 0 spiro atoms. The lowest BCUT2D eigenvalue weighted by atomic mass is 10.1. The Balaban J connectivity index is 2.15. The summed E-state index contributed by atoms with van der Waals surface area (Å²) in [4.78, 5) is 25.0. The molecular weight excluding hydrogens is 260 g/mol. The van der Waals surface area contributed by atoms with Gasteiger partial charge < -0.3 is 10.2 Å². The largest absolute Gasteiger partial charge is 0.345 e. The zero-order valence-corrected chi connectivity index (χ0v) is 11.1. The van der Waals surface area contributed by atoms with Crippen LogP contribution in [0.2, 0.25) is 0 Å². The molecule has 2 amide bonds. The highest BCUT2D eigenvalue weighted by Crippen LogP contribution is 2.19. The lowest BCUT2D eigenvalue weighted by Gasteiger charge is -2.18. The number of hydrogen-bond acceptors (Lipinski definition) is 5. The van der Waals surface area contributed by atoms with E-state index < -0.39 is 0 Å². The SMILES string of the molecule is CC(=O)N(C)c1ccccc1C(=O)NCc1nn[nH]n1. The second-order valence-corrected chi connectivity index (χ2v) is 4.11. The number of carbonyl (C=O) groups is 2. The molecule has 0 bridgehead atoms. The molecule has 1 aromatic carbocycles. The zero-order valence-electron chi connectivity index (χ0n) is 11.1. The number of anilines is 1. The fourth-order valence-electron chi connectivity index (χ4n) is 1.64. The second kappa shape index (κ2) is 5.91. The van der Waals surface area contributed by atoms with Gasteiger partial charge in [0, 0.05) is 14.0 Å². The topological polar surface area (TPSA) is 104 Å². The maximum Gasteiger partial charge on any atom is 0.253 e. The van der Waals surface area contributed by atoms with E-state index in [0.717, 1.165) is 0 Å². The molecule has 20 heavy (non-hydrogen) atoms. The van der Waals surface area contributed by atoms with Crippen LogP contribution in [0.25, 0.3) is 0 Å². The lowest BCUT2D eigenvalue weighted by molar-refractivity contribution is -0.116. The van der Waals surface area contributed by atoms with Crippen molar-refractivity contribution in [2.45, 2.75) is 13.5 Å². The van der Waals surface area contributed by atoms with Gasteiger partial charge in [-0.2, -0.15) is 5.21 Å². The van der Waals surface area contributed by atoms with Gasteiger partial charge in [0.25, 0.3) is 5.91 Å². The minimum atomic E-state index is -0.307. The minimum Gasteiger partial charge on any atom is -0.345 e. The summed E-state index contributed by atoms with van der Waals surface area (Å²) in [6, 6.07) is 6.87. The van der Waals surface area contributed by atoms with Crippen molar-refractivity contribution < 1.29 is 9.59 Å². The predicted molar refractivity (Wildman–Crippen MR) is 70.9 cm³/mol. The van der Waals surface area contributed by atoms with Crippen LogP contribution in [0.3, 0.4) is 0 Å². The summed E-state index contributed by atoms with van der Waals surface area (Å²) < 4.78 is 0. The molecule has 0 saturated carbocycles.